The van der Waals surface area contributed by atoms with E-state index in [2.05, 4.69) is 15.2 Å². The second kappa shape index (κ2) is 5.31. The fourth-order valence-corrected chi connectivity index (χ4v) is 1.70. The predicted molar refractivity (Wildman–Crippen MR) is 64.1 cm³/mol. The first-order valence-corrected chi connectivity index (χ1v) is 5.58. The Morgan fingerprint density at radius 2 is 2.11 bits per heavy atom. The molecule has 18 heavy (non-hydrogen) atoms. The summed E-state index contributed by atoms with van der Waals surface area (Å²) < 4.78 is 5.01. The van der Waals surface area contributed by atoms with Crippen LogP contribution in [0.5, 0.6) is 0 Å². The number of nitrogens with one attached hydrogen (secondary N) is 2. The number of aromatic amines is 2. The van der Waals surface area contributed by atoms with Crippen LogP contribution in [0.1, 0.15) is 24.2 Å². The Kier molecular flexibility index (Phi) is 3.57. The second-order valence-corrected chi connectivity index (χ2v) is 3.66. The Labute approximate surface area is 103 Å². The molecule has 94 valence electrons. The molecule has 0 saturated heterocycles. The number of aromatic nitrogens is 3. The maximum atomic E-state index is 12.0. The van der Waals surface area contributed by atoms with E-state index in [9.17, 15) is 9.59 Å². The largest absolute Gasteiger partial charge is 0.465 e. The summed E-state index contributed by atoms with van der Waals surface area (Å²) in [6, 6.07) is 9.04. The zero-order valence-corrected chi connectivity index (χ0v) is 9.84. The van der Waals surface area contributed by atoms with Crippen molar-refractivity contribution in [3.8, 4) is 0 Å². The summed E-state index contributed by atoms with van der Waals surface area (Å²) in [5, 5.41) is 6.05. The van der Waals surface area contributed by atoms with E-state index >= 15 is 0 Å². The van der Waals surface area contributed by atoms with E-state index < -0.39 is 17.6 Å². The molecule has 0 aliphatic heterocycles. The maximum Gasteiger partial charge on any atom is 0.340 e. The van der Waals surface area contributed by atoms with Gasteiger partial charge in [-0.1, -0.05) is 30.3 Å². The number of H-pyrrole nitrogens is 2. The molecule has 0 saturated carbocycles. The van der Waals surface area contributed by atoms with Gasteiger partial charge in [-0.3, -0.25) is 9.78 Å². The number of hydrogen-bond acceptors (Lipinski definition) is 4. The van der Waals surface area contributed by atoms with Crippen LogP contribution in [0.25, 0.3) is 0 Å². The summed E-state index contributed by atoms with van der Waals surface area (Å²) in [6.45, 7) is 2.00. The smallest absolute Gasteiger partial charge is 0.340 e. The first kappa shape index (κ1) is 12.1. The molecular formula is C12H13N3O3. The number of benzene rings is 1. The van der Waals surface area contributed by atoms with Gasteiger partial charge in [0, 0.05) is 0 Å². The van der Waals surface area contributed by atoms with Gasteiger partial charge in [0.1, 0.15) is 11.7 Å². The van der Waals surface area contributed by atoms with Crippen LogP contribution in [-0.2, 0) is 9.53 Å². The Balaban J connectivity index is 2.41. The Bertz CT molecular complexity index is 574. The van der Waals surface area contributed by atoms with Gasteiger partial charge in [-0.25, -0.2) is 9.89 Å². The highest BCUT2D eigenvalue weighted by molar-refractivity contribution is 5.81. The Morgan fingerprint density at radius 3 is 2.67 bits per heavy atom. The Hall–Kier alpha value is -2.37. The molecule has 0 radical (unpaired) electrons. The molecule has 0 fully saturated rings. The minimum Gasteiger partial charge on any atom is -0.465 e. The van der Waals surface area contributed by atoms with Gasteiger partial charge in [0.2, 0.25) is 0 Å². The van der Waals surface area contributed by atoms with Gasteiger partial charge in [0.05, 0.1) is 6.61 Å². The number of nitrogens with zero attached hydrogens (tertiary/aromatic N) is 1. The topological polar surface area (TPSA) is 87.8 Å². The third kappa shape index (κ3) is 2.48. The lowest BCUT2D eigenvalue weighted by Crippen LogP contribution is -2.19. The molecule has 1 unspecified atom stereocenters. The van der Waals surface area contributed by atoms with E-state index in [0.717, 1.165) is 5.56 Å². The minimum absolute atomic E-state index is 0.254. The summed E-state index contributed by atoms with van der Waals surface area (Å²) >= 11 is 0. The molecule has 0 bridgehead atoms. The van der Waals surface area contributed by atoms with Crippen LogP contribution in [0, 0.1) is 0 Å². The summed E-state index contributed by atoms with van der Waals surface area (Å²) in [5.74, 6) is -0.902. The van der Waals surface area contributed by atoms with Crippen molar-refractivity contribution in [2.24, 2.45) is 0 Å². The second-order valence-electron chi connectivity index (χ2n) is 3.66. The molecule has 2 rings (SSSR count). The molecule has 0 amide bonds. The van der Waals surface area contributed by atoms with E-state index in [1.54, 1.807) is 19.1 Å². The lowest BCUT2D eigenvalue weighted by Gasteiger charge is -2.12. The van der Waals surface area contributed by atoms with E-state index in [1.165, 1.54) is 0 Å². The van der Waals surface area contributed by atoms with Gasteiger partial charge in [0.25, 0.3) is 0 Å². The quantitative estimate of drug-likeness (QED) is 0.782. The van der Waals surface area contributed by atoms with Crippen LogP contribution in [0.3, 0.4) is 0 Å². The zero-order chi connectivity index (χ0) is 13.0. The van der Waals surface area contributed by atoms with Gasteiger partial charge in [-0.05, 0) is 12.5 Å². The normalized spacial score (nSPS) is 12.1. The number of rotatable bonds is 4. The highest BCUT2D eigenvalue weighted by Gasteiger charge is 2.27. The fourth-order valence-electron chi connectivity index (χ4n) is 1.70. The van der Waals surface area contributed by atoms with E-state index in [-0.39, 0.29) is 12.4 Å². The molecule has 1 aromatic heterocycles. The maximum absolute atomic E-state index is 12.0. The van der Waals surface area contributed by atoms with Crippen molar-refractivity contribution in [2.45, 2.75) is 12.8 Å². The van der Waals surface area contributed by atoms with Gasteiger partial charge < -0.3 is 4.74 Å². The SMILES string of the molecule is CCOC(=O)C(c1ccccc1)c1n[nH]c(=O)[nH]1. The molecule has 2 aromatic rings. The lowest BCUT2D eigenvalue weighted by molar-refractivity contribution is -0.144. The van der Waals surface area contributed by atoms with Crippen molar-refractivity contribution >= 4 is 5.97 Å². The lowest BCUT2D eigenvalue weighted by atomic mass is 9.99. The summed E-state index contributed by atoms with van der Waals surface area (Å²) in [4.78, 5) is 25.5. The van der Waals surface area contributed by atoms with Crippen molar-refractivity contribution in [3.63, 3.8) is 0 Å². The number of carbonyl (C=O) groups excluding carboxylic acids is 1. The number of ether oxygens (including phenoxy) is 1. The molecule has 0 aliphatic rings. The first-order chi connectivity index (χ1) is 8.72. The minimum atomic E-state index is -0.718. The zero-order valence-electron chi connectivity index (χ0n) is 9.84. The van der Waals surface area contributed by atoms with Gasteiger partial charge >= 0.3 is 11.7 Å². The average Bonchev–Trinajstić information content (AvgIpc) is 2.78. The van der Waals surface area contributed by atoms with Crippen molar-refractivity contribution in [2.75, 3.05) is 6.61 Å². The standard InChI is InChI=1S/C12H13N3O3/c1-2-18-11(16)9(8-6-4-3-5-7-8)10-13-12(17)15-14-10/h3-7,9H,2H2,1H3,(H2,13,14,15,17). The van der Waals surface area contributed by atoms with Crippen LogP contribution >= 0.6 is 0 Å². The molecule has 0 spiro atoms. The Morgan fingerprint density at radius 1 is 1.39 bits per heavy atom. The summed E-state index contributed by atoms with van der Waals surface area (Å²) in [5.41, 5.74) is 0.272. The fraction of sp³-hybridized carbons (Fsp3) is 0.250. The number of esters is 1. The highest BCUT2D eigenvalue weighted by Crippen LogP contribution is 2.22. The molecule has 1 heterocycles. The van der Waals surface area contributed by atoms with E-state index in [0.29, 0.717) is 0 Å². The van der Waals surface area contributed by atoms with Crippen LogP contribution in [0.4, 0.5) is 0 Å². The van der Waals surface area contributed by atoms with E-state index in [1.807, 2.05) is 18.2 Å². The molecule has 1 atom stereocenters. The number of carbonyl (C=O) groups is 1. The molecule has 6 heteroatoms. The van der Waals surface area contributed by atoms with E-state index in [4.69, 9.17) is 4.74 Å². The van der Waals surface area contributed by atoms with Crippen LogP contribution < -0.4 is 5.69 Å². The summed E-state index contributed by atoms with van der Waals surface area (Å²) in [6.07, 6.45) is 0. The monoisotopic (exact) mass is 247 g/mol. The van der Waals surface area contributed by atoms with Crippen molar-refractivity contribution < 1.29 is 9.53 Å². The third-order valence-electron chi connectivity index (χ3n) is 2.45. The average molecular weight is 247 g/mol. The number of hydrogen-bond donors (Lipinski definition) is 2. The van der Waals surface area contributed by atoms with Gasteiger partial charge in [0.15, 0.2) is 0 Å². The van der Waals surface area contributed by atoms with Crippen molar-refractivity contribution in [1.82, 2.24) is 15.2 Å². The summed E-state index contributed by atoms with van der Waals surface area (Å²) in [7, 11) is 0. The third-order valence-corrected chi connectivity index (χ3v) is 2.45. The molecule has 0 aliphatic carbocycles. The van der Waals surface area contributed by atoms with Crippen LogP contribution in [0.15, 0.2) is 35.1 Å². The molecule has 1 aromatic carbocycles. The van der Waals surface area contributed by atoms with Gasteiger partial charge in [-0.2, -0.15) is 5.10 Å². The van der Waals surface area contributed by atoms with Crippen LogP contribution in [-0.4, -0.2) is 27.8 Å². The van der Waals surface area contributed by atoms with Gasteiger partial charge in [-0.15, -0.1) is 0 Å². The van der Waals surface area contributed by atoms with Crippen molar-refractivity contribution in [3.05, 3.63) is 52.2 Å². The predicted octanol–water partition coefficient (Wildman–Crippen LogP) is 0.793. The van der Waals surface area contributed by atoms with Crippen molar-refractivity contribution in [1.29, 1.82) is 0 Å². The highest BCUT2D eigenvalue weighted by atomic mass is 16.5. The molecule has 6 nitrogen and oxygen atoms in total. The molecular weight excluding hydrogens is 234 g/mol. The first-order valence-electron chi connectivity index (χ1n) is 5.58. The molecule has 2 N–H and O–H groups in total. The van der Waals surface area contributed by atoms with Crippen LogP contribution in [0.2, 0.25) is 0 Å².